The van der Waals surface area contributed by atoms with Gasteiger partial charge in [-0.2, -0.15) is 0 Å². The first-order valence-electron chi connectivity index (χ1n) is 4.39. The van der Waals surface area contributed by atoms with E-state index >= 15 is 0 Å². The molecule has 0 bridgehead atoms. The Hall–Kier alpha value is -1.84. The lowest BCUT2D eigenvalue weighted by Gasteiger charge is -2.14. The van der Waals surface area contributed by atoms with Crippen LogP contribution in [0.15, 0.2) is 24.3 Å². The molecule has 1 heterocycles. The first-order valence-corrected chi connectivity index (χ1v) is 4.39. The minimum atomic E-state index is -0.901. The van der Waals surface area contributed by atoms with E-state index < -0.39 is 11.8 Å². The number of nitrogens with two attached hydrogens (primary N) is 1. The number of anilines is 1. The quantitative estimate of drug-likeness (QED) is 0.588. The van der Waals surface area contributed by atoms with Crippen molar-refractivity contribution in [1.82, 2.24) is 0 Å². The van der Waals surface area contributed by atoms with Crippen LogP contribution in [-0.2, 0) is 16.0 Å². The summed E-state index contributed by atoms with van der Waals surface area (Å²) in [5.74, 6) is -1.53. The number of fused-ring (bicyclic) bond motifs is 1. The summed E-state index contributed by atoms with van der Waals surface area (Å²) in [4.78, 5) is 23.5. The number of carbonyl (C=O) groups is 2. The molecule has 1 aliphatic rings. The Morgan fingerprint density at radius 2 is 2.00 bits per heavy atom. The van der Waals surface area contributed by atoms with Gasteiger partial charge in [0.05, 0.1) is 0 Å². The normalized spacial score (nSPS) is 13.9. The largest absolute Gasteiger partial charge is 0.361 e. The first-order chi connectivity index (χ1) is 6.70. The second-order valence-corrected chi connectivity index (χ2v) is 3.20. The van der Waals surface area contributed by atoms with Crippen LogP contribution in [0.25, 0.3) is 0 Å². The maximum absolute atomic E-state index is 11.4. The van der Waals surface area contributed by atoms with Crippen molar-refractivity contribution in [3.63, 3.8) is 0 Å². The highest BCUT2D eigenvalue weighted by Gasteiger charge is 2.26. The minimum absolute atomic E-state index is 0.543. The lowest BCUT2D eigenvalue weighted by atomic mass is 10.2. The molecule has 72 valence electrons. The summed E-state index contributed by atoms with van der Waals surface area (Å²) < 4.78 is 0. The van der Waals surface area contributed by atoms with E-state index in [0.29, 0.717) is 6.54 Å². The monoisotopic (exact) mass is 190 g/mol. The van der Waals surface area contributed by atoms with Gasteiger partial charge in [-0.3, -0.25) is 9.59 Å². The molecule has 0 aromatic heterocycles. The fourth-order valence-corrected chi connectivity index (χ4v) is 1.68. The molecule has 0 saturated heterocycles. The topological polar surface area (TPSA) is 63.4 Å². The second-order valence-electron chi connectivity index (χ2n) is 3.20. The van der Waals surface area contributed by atoms with Crippen molar-refractivity contribution < 1.29 is 9.59 Å². The van der Waals surface area contributed by atoms with Gasteiger partial charge in [0.2, 0.25) is 0 Å². The maximum Gasteiger partial charge on any atom is 0.316 e. The Morgan fingerprint density at radius 3 is 2.71 bits per heavy atom. The molecule has 4 heteroatoms. The van der Waals surface area contributed by atoms with Gasteiger partial charge in [0.15, 0.2) is 0 Å². The molecule has 0 fully saturated rings. The number of para-hydroxylation sites is 1. The molecule has 1 aliphatic heterocycles. The number of nitrogens with zero attached hydrogens (tertiary/aromatic N) is 1. The van der Waals surface area contributed by atoms with Crippen LogP contribution in [0.1, 0.15) is 5.56 Å². The Bertz CT molecular complexity index is 401. The van der Waals surface area contributed by atoms with Gasteiger partial charge in [0.25, 0.3) is 0 Å². The number of hydrogen-bond donors (Lipinski definition) is 1. The molecule has 0 unspecified atom stereocenters. The van der Waals surface area contributed by atoms with Crippen LogP contribution < -0.4 is 10.6 Å². The van der Waals surface area contributed by atoms with E-state index in [4.69, 9.17) is 5.73 Å². The lowest BCUT2D eigenvalue weighted by Crippen LogP contribution is -2.39. The van der Waals surface area contributed by atoms with Gasteiger partial charge in [0, 0.05) is 12.2 Å². The number of primary amides is 1. The van der Waals surface area contributed by atoms with Gasteiger partial charge in [-0.15, -0.1) is 0 Å². The van der Waals surface area contributed by atoms with E-state index in [0.717, 1.165) is 17.7 Å². The summed E-state index contributed by atoms with van der Waals surface area (Å²) in [6, 6.07) is 7.52. The van der Waals surface area contributed by atoms with Crippen LogP contribution >= 0.6 is 0 Å². The molecule has 0 spiro atoms. The average Bonchev–Trinajstić information content (AvgIpc) is 2.60. The first kappa shape index (κ1) is 8.74. The molecular formula is C10H10N2O2. The zero-order chi connectivity index (χ0) is 10.1. The highest BCUT2D eigenvalue weighted by Crippen LogP contribution is 2.27. The SMILES string of the molecule is NC(=O)C(=O)N1CCc2ccccc21. The van der Waals surface area contributed by atoms with Crippen molar-refractivity contribution in [3.05, 3.63) is 29.8 Å². The Morgan fingerprint density at radius 1 is 1.29 bits per heavy atom. The molecule has 1 aromatic carbocycles. The zero-order valence-electron chi connectivity index (χ0n) is 7.56. The summed E-state index contributed by atoms with van der Waals surface area (Å²) in [6.45, 7) is 0.543. The van der Waals surface area contributed by atoms with Gasteiger partial charge in [-0.25, -0.2) is 0 Å². The number of hydrogen-bond acceptors (Lipinski definition) is 2. The van der Waals surface area contributed by atoms with Crippen molar-refractivity contribution in [2.45, 2.75) is 6.42 Å². The summed E-state index contributed by atoms with van der Waals surface area (Å²) in [5, 5.41) is 0. The van der Waals surface area contributed by atoms with Crippen LogP contribution in [0.2, 0.25) is 0 Å². The molecule has 0 radical (unpaired) electrons. The smallest absolute Gasteiger partial charge is 0.316 e. The molecule has 2 rings (SSSR count). The molecular weight excluding hydrogens is 180 g/mol. The fraction of sp³-hybridized carbons (Fsp3) is 0.200. The molecule has 1 aromatic rings. The van der Waals surface area contributed by atoms with Crippen molar-refractivity contribution in [1.29, 1.82) is 0 Å². The van der Waals surface area contributed by atoms with Gasteiger partial charge < -0.3 is 10.6 Å². The molecule has 2 N–H and O–H groups in total. The zero-order valence-corrected chi connectivity index (χ0v) is 7.56. The average molecular weight is 190 g/mol. The third-order valence-electron chi connectivity index (χ3n) is 2.34. The third-order valence-corrected chi connectivity index (χ3v) is 2.34. The number of benzene rings is 1. The lowest BCUT2D eigenvalue weighted by molar-refractivity contribution is -0.135. The summed E-state index contributed by atoms with van der Waals surface area (Å²) in [6.07, 6.45) is 0.787. The van der Waals surface area contributed by atoms with Crippen LogP contribution in [0.3, 0.4) is 0 Å². The van der Waals surface area contributed by atoms with E-state index in [2.05, 4.69) is 0 Å². The Labute approximate surface area is 81.3 Å². The number of amides is 2. The Kier molecular flexibility index (Phi) is 1.96. The van der Waals surface area contributed by atoms with Gasteiger partial charge >= 0.3 is 11.8 Å². The van der Waals surface area contributed by atoms with E-state index in [9.17, 15) is 9.59 Å². The molecule has 2 amide bonds. The highest BCUT2D eigenvalue weighted by molar-refractivity contribution is 6.40. The van der Waals surface area contributed by atoms with Crippen LogP contribution in [0.4, 0.5) is 5.69 Å². The minimum Gasteiger partial charge on any atom is -0.361 e. The van der Waals surface area contributed by atoms with E-state index in [-0.39, 0.29) is 0 Å². The van der Waals surface area contributed by atoms with Crippen LogP contribution in [-0.4, -0.2) is 18.4 Å². The van der Waals surface area contributed by atoms with Crippen molar-refractivity contribution in [2.75, 3.05) is 11.4 Å². The van der Waals surface area contributed by atoms with Crippen molar-refractivity contribution in [2.24, 2.45) is 5.73 Å². The van der Waals surface area contributed by atoms with Crippen molar-refractivity contribution >= 4 is 17.5 Å². The van der Waals surface area contributed by atoms with Gasteiger partial charge in [-0.05, 0) is 18.1 Å². The summed E-state index contributed by atoms with van der Waals surface area (Å²) in [7, 11) is 0. The molecule has 14 heavy (non-hydrogen) atoms. The highest BCUT2D eigenvalue weighted by atomic mass is 16.2. The maximum atomic E-state index is 11.4. The molecule has 0 aliphatic carbocycles. The standard InChI is InChI=1S/C10H10N2O2/c11-9(13)10(14)12-6-5-7-3-1-2-4-8(7)12/h1-4H,5-6H2,(H2,11,13). The van der Waals surface area contributed by atoms with E-state index in [1.165, 1.54) is 4.90 Å². The molecule has 0 saturated carbocycles. The fourth-order valence-electron chi connectivity index (χ4n) is 1.68. The number of carbonyl (C=O) groups excluding carboxylic acids is 2. The molecule has 0 atom stereocenters. The second kappa shape index (κ2) is 3.14. The summed E-state index contributed by atoms with van der Waals surface area (Å²) >= 11 is 0. The van der Waals surface area contributed by atoms with E-state index in [1.54, 1.807) is 0 Å². The van der Waals surface area contributed by atoms with Crippen LogP contribution in [0, 0.1) is 0 Å². The van der Waals surface area contributed by atoms with Crippen LogP contribution in [0.5, 0.6) is 0 Å². The van der Waals surface area contributed by atoms with Gasteiger partial charge in [0.1, 0.15) is 0 Å². The predicted molar refractivity (Wildman–Crippen MR) is 51.7 cm³/mol. The third kappa shape index (κ3) is 1.25. The van der Waals surface area contributed by atoms with E-state index in [1.807, 2.05) is 24.3 Å². The summed E-state index contributed by atoms with van der Waals surface area (Å²) in [5.41, 5.74) is 6.83. The predicted octanol–water partition coefficient (Wildman–Crippen LogP) is 0.0610. The molecule has 4 nitrogen and oxygen atoms in total. The Balaban J connectivity index is 2.35. The van der Waals surface area contributed by atoms with Gasteiger partial charge in [-0.1, -0.05) is 18.2 Å². The van der Waals surface area contributed by atoms with Crippen molar-refractivity contribution in [3.8, 4) is 0 Å². The number of rotatable bonds is 0.